The van der Waals surface area contributed by atoms with Gasteiger partial charge in [-0.3, -0.25) is 4.79 Å². The minimum absolute atomic E-state index is 0.161. The fourth-order valence-corrected chi connectivity index (χ4v) is 4.05. The van der Waals surface area contributed by atoms with E-state index >= 15 is 0 Å². The predicted octanol–water partition coefficient (Wildman–Crippen LogP) is 5.49. The molecule has 8 heteroatoms. The van der Waals surface area contributed by atoms with E-state index in [1.165, 1.54) is 0 Å². The van der Waals surface area contributed by atoms with Gasteiger partial charge in [0.05, 0.1) is 25.7 Å². The van der Waals surface area contributed by atoms with Crippen molar-refractivity contribution in [1.29, 1.82) is 0 Å². The second-order valence-electron chi connectivity index (χ2n) is 6.95. The van der Waals surface area contributed by atoms with Crippen molar-refractivity contribution in [3.8, 4) is 5.75 Å². The number of benzene rings is 2. The molecule has 2 N–H and O–H groups in total. The fourth-order valence-electron chi connectivity index (χ4n) is 3.20. The number of thiophene rings is 1. The molecule has 4 aromatic rings. The number of aromatic amines is 1. The molecule has 0 atom stereocenters. The van der Waals surface area contributed by atoms with Crippen molar-refractivity contribution >= 4 is 45.6 Å². The first-order valence-electron chi connectivity index (χ1n) is 9.55. The molecule has 0 spiro atoms. The zero-order valence-electron chi connectivity index (χ0n) is 16.7. The maximum atomic E-state index is 13.0. The summed E-state index contributed by atoms with van der Waals surface area (Å²) in [5.41, 5.74) is 1.57. The molecule has 0 radical (unpaired) electrons. The number of pyridine rings is 1. The maximum Gasteiger partial charge on any atom is 0.322 e. The van der Waals surface area contributed by atoms with Gasteiger partial charge >= 0.3 is 6.03 Å². The van der Waals surface area contributed by atoms with Crippen molar-refractivity contribution in [3.05, 3.63) is 91.9 Å². The van der Waals surface area contributed by atoms with Crippen LogP contribution < -0.4 is 15.6 Å². The zero-order valence-corrected chi connectivity index (χ0v) is 18.3. The topological polar surface area (TPSA) is 74.4 Å². The summed E-state index contributed by atoms with van der Waals surface area (Å²) in [7, 11) is 1.58. The van der Waals surface area contributed by atoms with E-state index < -0.39 is 0 Å². The largest absolute Gasteiger partial charge is 0.497 e. The van der Waals surface area contributed by atoms with Crippen LogP contribution in [0, 0.1) is 0 Å². The van der Waals surface area contributed by atoms with E-state index in [1.54, 1.807) is 53.7 Å². The SMILES string of the molecule is COc1ccc2cc(CN(Cc3cccs3)C(=O)Nc3ccc(Cl)cc3)c(=O)[nH]c2c1. The van der Waals surface area contributed by atoms with Crippen molar-refractivity contribution in [3.63, 3.8) is 0 Å². The van der Waals surface area contributed by atoms with Gasteiger partial charge in [-0.2, -0.15) is 0 Å². The normalized spacial score (nSPS) is 10.8. The van der Waals surface area contributed by atoms with E-state index in [0.29, 0.717) is 34.1 Å². The van der Waals surface area contributed by atoms with Crippen LogP contribution in [0.1, 0.15) is 10.4 Å². The summed E-state index contributed by atoms with van der Waals surface area (Å²) in [6.45, 7) is 0.547. The first-order valence-corrected chi connectivity index (χ1v) is 10.8. The maximum absolute atomic E-state index is 13.0. The number of nitrogens with zero attached hydrogens (tertiary/aromatic N) is 1. The van der Waals surface area contributed by atoms with Crippen LogP contribution in [0.3, 0.4) is 0 Å². The number of carbonyl (C=O) groups is 1. The van der Waals surface area contributed by atoms with Gasteiger partial charge < -0.3 is 19.9 Å². The third-order valence-electron chi connectivity index (χ3n) is 4.80. The summed E-state index contributed by atoms with van der Waals surface area (Å²) in [4.78, 5) is 31.3. The molecule has 0 saturated heterocycles. The number of methoxy groups -OCH3 is 1. The Balaban J connectivity index is 1.62. The molecule has 2 aromatic carbocycles. The Hall–Kier alpha value is -3.29. The number of urea groups is 1. The lowest BCUT2D eigenvalue weighted by molar-refractivity contribution is 0.207. The van der Waals surface area contributed by atoms with Crippen LogP contribution >= 0.6 is 22.9 Å². The monoisotopic (exact) mass is 453 g/mol. The summed E-state index contributed by atoms with van der Waals surface area (Å²) in [6, 6.07) is 17.8. The number of anilines is 1. The van der Waals surface area contributed by atoms with Crippen LogP contribution in [0.25, 0.3) is 10.9 Å². The summed E-state index contributed by atoms with van der Waals surface area (Å²) >= 11 is 7.49. The molecule has 2 aromatic heterocycles. The number of hydrogen-bond donors (Lipinski definition) is 2. The number of rotatable bonds is 6. The van der Waals surface area contributed by atoms with E-state index in [1.807, 2.05) is 35.7 Å². The van der Waals surface area contributed by atoms with Gasteiger partial charge in [0.25, 0.3) is 5.56 Å². The molecule has 0 unspecified atom stereocenters. The number of ether oxygens (including phenoxy) is 1. The highest BCUT2D eigenvalue weighted by molar-refractivity contribution is 7.09. The molecule has 0 aliphatic rings. The molecule has 158 valence electrons. The van der Waals surface area contributed by atoms with Gasteiger partial charge in [0.1, 0.15) is 5.75 Å². The molecule has 2 heterocycles. The Morgan fingerprint density at radius 3 is 2.65 bits per heavy atom. The molecule has 0 fully saturated rings. The molecule has 0 aliphatic carbocycles. The molecule has 0 aliphatic heterocycles. The Bertz CT molecular complexity index is 1250. The van der Waals surface area contributed by atoms with Crippen molar-refractivity contribution < 1.29 is 9.53 Å². The molecule has 0 saturated carbocycles. The summed E-state index contributed by atoms with van der Waals surface area (Å²) < 4.78 is 5.22. The molecular formula is C23H20ClN3O3S. The van der Waals surface area contributed by atoms with Gasteiger partial charge in [0.2, 0.25) is 0 Å². The van der Waals surface area contributed by atoms with Gasteiger partial charge in [0, 0.05) is 27.2 Å². The number of H-pyrrole nitrogens is 1. The van der Waals surface area contributed by atoms with Gasteiger partial charge in [0.15, 0.2) is 0 Å². The third kappa shape index (κ3) is 5.07. The van der Waals surface area contributed by atoms with Crippen molar-refractivity contribution in [2.24, 2.45) is 0 Å². The van der Waals surface area contributed by atoms with Crippen molar-refractivity contribution in [2.45, 2.75) is 13.1 Å². The number of hydrogen-bond acceptors (Lipinski definition) is 4. The van der Waals surface area contributed by atoms with Crippen LogP contribution in [0.4, 0.5) is 10.5 Å². The lowest BCUT2D eigenvalue weighted by atomic mass is 10.1. The number of nitrogens with one attached hydrogen (secondary N) is 2. The minimum atomic E-state index is -0.301. The third-order valence-corrected chi connectivity index (χ3v) is 5.91. The first kappa shape index (κ1) is 21.0. The number of aromatic nitrogens is 1. The van der Waals surface area contributed by atoms with Crippen LogP contribution in [-0.4, -0.2) is 23.0 Å². The Labute approximate surface area is 188 Å². The Kier molecular flexibility index (Phi) is 6.25. The Morgan fingerprint density at radius 2 is 1.94 bits per heavy atom. The van der Waals surface area contributed by atoms with E-state index in [-0.39, 0.29) is 18.1 Å². The van der Waals surface area contributed by atoms with Crippen molar-refractivity contribution in [2.75, 3.05) is 12.4 Å². The number of halogens is 1. The number of fused-ring (bicyclic) bond motifs is 1. The van der Waals surface area contributed by atoms with Crippen LogP contribution in [0.2, 0.25) is 5.02 Å². The number of amides is 2. The highest BCUT2D eigenvalue weighted by Crippen LogP contribution is 2.21. The quantitative estimate of drug-likeness (QED) is 0.405. The fraction of sp³-hybridized carbons (Fsp3) is 0.130. The lowest BCUT2D eigenvalue weighted by Crippen LogP contribution is -2.35. The molecular weight excluding hydrogens is 434 g/mol. The average Bonchev–Trinajstić information content (AvgIpc) is 3.28. The van der Waals surface area contributed by atoms with E-state index in [4.69, 9.17) is 16.3 Å². The second-order valence-corrected chi connectivity index (χ2v) is 8.42. The summed E-state index contributed by atoms with van der Waals surface area (Å²) in [5, 5.41) is 6.29. The van der Waals surface area contributed by atoms with Crippen LogP contribution in [-0.2, 0) is 13.1 Å². The summed E-state index contributed by atoms with van der Waals surface area (Å²) in [5.74, 6) is 0.664. The van der Waals surface area contributed by atoms with Gasteiger partial charge in [-0.15, -0.1) is 11.3 Å². The van der Waals surface area contributed by atoms with E-state index in [9.17, 15) is 9.59 Å². The lowest BCUT2D eigenvalue weighted by Gasteiger charge is -2.22. The van der Waals surface area contributed by atoms with Gasteiger partial charge in [-0.1, -0.05) is 17.7 Å². The Morgan fingerprint density at radius 1 is 1.13 bits per heavy atom. The van der Waals surface area contributed by atoms with Crippen molar-refractivity contribution in [1.82, 2.24) is 9.88 Å². The van der Waals surface area contributed by atoms with E-state index in [2.05, 4.69) is 10.3 Å². The second kappa shape index (κ2) is 9.24. The van der Waals surface area contributed by atoms with Crippen LogP contribution in [0.5, 0.6) is 5.75 Å². The highest BCUT2D eigenvalue weighted by Gasteiger charge is 2.18. The van der Waals surface area contributed by atoms with E-state index in [0.717, 1.165) is 10.3 Å². The smallest absolute Gasteiger partial charge is 0.322 e. The highest BCUT2D eigenvalue weighted by atomic mass is 35.5. The van der Waals surface area contributed by atoms with Gasteiger partial charge in [-0.25, -0.2) is 4.79 Å². The first-order chi connectivity index (χ1) is 15.0. The standard InChI is InChI=1S/C23H20ClN3O3S/c1-30-19-9-4-15-11-16(22(28)26-21(15)12-19)13-27(14-20-3-2-10-31-20)23(29)25-18-7-5-17(24)6-8-18/h2-12H,13-14H2,1H3,(H,25,29)(H,26,28). The molecule has 4 rings (SSSR count). The molecule has 6 nitrogen and oxygen atoms in total. The average molecular weight is 454 g/mol. The zero-order chi connectivity index (χ0) is 21.8. The molecule has 0 bridgehead atoms. The summed E-state index contributed by atoms with van der Waals surface area (Å²) in [6.07, 6.45) is 0. The number of carbonyl (C=O) groups excluding carboxylic acids is 1. The predicted molar refractivity (Wildman–Crippen MR) is 125 cm³/mol. The minimum Gasteiger partial charge on any atom is -0.497 e. The van der Waals surface area contributed by atoms with Crippen LogP contribution in [0.15, 0.2) is 70.8 Å². The van der Waals surface area contributed by atoms with Gasteiger partial charge in [-0.05, 0) is 59.3 Å². The molecule has 2 amide bonds. The molecule has 31 heavy (non-hydrogen) atoms.